The summed E-state index contributed by atoms with van der Waals surface area (Å²) in [5.41, 5.74) is 2.59. The van der Waals surface area contributed by atoms with Gasteiger partial charge in [0.05, 0.1) is 5.75 Å². The molecule has 0 spiro atoms. The van der Waals surface area contributed by atoms with E-state index < -0.39 is 9.84 Å². The van der Waals surface area contributed by atoms with E-state index in [1.807, 2.05) is 11.0 Å². The lowest BCUT2D eigenvalue weighted by atomic mass is 9.90. The van der Waals surface area contributed by atoms with Crippen molar-refractivity contribution in [1.82, 2.24) is 4.90 Å². The third-order valence-electron chi connectivity index (χ3n) is 4.87. The number of carbonyl (C=O) groups excluding carboxylic acids is 1. The summed E-state index contributed by atoms with van der Waals surface area (Å²) in [6, 6.07) is 17.5. The first-order valence-corrected chi connectivity index (χ1v) is 11.1. The van der Waals surface area contributed by atoms with E-state index in [1.165, 1.54) is 11.8 Å². The quantitative estimate of drug-likeness (QED) is 0.810. The average Bonchev–Trinajstić information content (AvgIpc) is 2.61. The van der Waals surface area contributed by atoms with Crippen molar-refractivity contribution in [1.29, 1.82) is 0 Å². The highest BCUT2D eigenvalue weighted by Gasteiger charge is 2.24. The summed E-state index contributed by atoms with van der Waals surface area (Å²) < 4.78 is 22.9. The summed E-state index contributed by atoms with van der Waals surface area (Å²) in [4.78, 5) is 14.6. The van der Waals surface area contributed by atoms with Crippen molar-refractivity contribution < 1.29 is 13.2 Å². The third kappa shape index (κ3) is 5.18. The van der Waals surface area contributed by atoms with Gasteiger partial charge in [0, 0.05) is 24.9 Å². The van der Waals surface area contributed by atoms with Crippen LogP contribution in [0.4, 0.5) is 0 Å². The van der Waals surface area contributed by atoms with E-state index in [-0.39, 0.29) is 11.7 Å². The average molecular weight is 372 g/mol. The van der Waals surface area contributed by atoms with Crippen molar-refractivity contribution in [3.8, 4) is 0 Å². The van der Waals surface area contributed by atoms with Gasteiger partial charge in [0.2, 0.25) is 0 Å². The Balaban J connectivity index is 1.59. The number of benzene rings is 2. The van der Waals surface area contributed by atoms with E-state index >= 15 is 0 Å². The van der Waals surface area contributed by atoms with Crippen molar-refractivity contribution in [2.24, 2.45) is 5.92 Å². The van der Waals surface area contributed by atoms with Crippen LogP contribution in [0.25, 0.3) is 0 Å². The topological polar surface area (TPSA) is 54.5 Å². The van der Waals surface area contributed by atoms with Gasteiger partial charge in [0.1, 0.15) is 0 Å². The zero-order chi connectivity index (χ0) is 18.6. The lowest BCUT2D eigenvalue weighted by Gasteiger charge is -2.32. The highest BCUT2D eigenvalue weighted by Crippen LogP contribution is 2.23. The summed E-state index contributed by atoms with van der Waals surface area (Å²) >= 11 is 0. The molecule has 3 rings (SSSR count). The van der Waals surface area contributed by atoms with Gasteiger partial charge >= 0.3 is 0 Å². The van der Waals surface area contributed by atoms with E-state index in [9.17, 15) is 13.2 Å². The molecule has 2 aromatic rings. The predicted octanol–water partition coefficient (Wildman–Crippen LogP) is 3.33. The van der Waals surface area contributed by atoms with Gasteiger partial charge in [-0.25, -0.2) is 8.42 Å². The fourth-order valence-electron chi connectivity index (χ4n) is 3.57. The Hall–Kier alpha value is -2.14. The molecule has 0 radical (unpaired) electrons. The molecule has 0 N–H and O–H groups in total. The van der Waals surface area contributed by atoms with Crippen LogP contribution in [-0.4, -0.2) is 38.6 Å². The van der Waals surface area contributed by atoms with Crippen molar-refractivity contribution in [3.05, 3.63) is 71.3 Å². The smallest absolute Gasteiger partial charge is 0.253 e. The molecule has 1 aliphatic rings. The Morgan fingerprint density at radius 2 is 1.65 bits per heavy atom. The minimum absolute atomic E-state index is 0.00138. The van der Waals surface area contributed by atoms with E-state index in [0.29, 0.717) is 17.0 Å². The Morgan fingerprint density at radius 3 is 2.31 bits per heavy atom. The van der Waals surface area contributed by atoms with Crippen LogP contribution in [0.1, 0.15) is 34.3 Å². The van der Waals surface area contributed by atoms with Gasteiger partial charge in [-0.05, 0) is 48.4 Å². The number of rotatable bonds is 5. The Kier molecular flexibility index (Phi) is 5.77. The van der Waals surface area contributed by atoms with Gasteiger partial charge in [-0.1, -0.05) is 42.5 Å². The molecule has 1 saturated heterocycles. The summed E-state index contributed by atoms with van der Waals surface area (Å²) in [5.74, 6) is 0.573. The van der Waals surface area contributed by atoms with Crippen LogP contribution in [0.2, 0.25) is 0 Å². The number of amides is 1. The van der Waals surface area contributed by atoms with Gasteiger partial charge in [-0.3, -0.25) is 4.79 Å². The van der Waals surface area contributed by atoms with Gasteiger partial charge < -0.3 is 4.90 Å². The number of hydrogen-bond donors (Lipinski definition) is 0. The lowest BCUT2D eigenvalue weighted by molar-refractivity contribution is 0.0690. The van der Waals surface area contributed by atoms with Crippen LogP contribution in [0.15, 0.2) is 54.6 Å². The molecule has 0 bridgehead atoms. The highest BCUT2D eigenvalue weighted by molar-refractivity contribution is 7.89. The van der Waals surface area contributed by atoms with Crippen LogP contribution >= 0.6 is 0 Å². The van der Waals surface area contributed by atoms with E-state index in [1.54, 1.807) is 24.3 Å². The van der Waals surface area contributed by atoms with Crippen molar-refractivity contribution in [2.75, 3.05) is 19.3 Å². The number of sulfone groups is 1. The van der Waals surface area contributed by atoms with Gasteiger partial charge in [-0.15, -0.1) is 0 Å². The first-order valence-electron chi connectivity index (χ1n) is 9.00. The minimum atomic E-state index is -3.11. The molecule has 0 atom stereocenters. The van der Waals surface area contributed by atoms with Crippen LogP contribution in [0.3, 0.4) is 0 Å². The molecule has 26 heavy (non-hydrogen) atoms. The molecule has 0 saturated carbocycles. The fraction of sp³-hybridized carbons (Fsp3) is 0.381. The standard InChI is InChI=1S/C21H25NO3S/c1-26(24,25)16-19-8-5-9-20(15-19)21(23)22-12-10-18(11-13-22)14-17-6-3-2-4-7-17/h2-9,15,18H,10-14,16H2,1H3. The lowest BCUT2D eigenvalue weighted by Crippen LogP contribution is -2.38. The van der Waals surface area contributed by atoms with Crippen molar-refractivity contribution in [2.45, 2.75) is 25.0 Å². The second-order valence-electron chi connectivity index (χ2n) is 7.20. The summed E-state index contributed by atoms with van der Waals surface area (Å²) in [6.07, 6.45) is 4.28. The Morgan fingerprint density at radius 1 is 1.00 bits per heavy atom. The molecule has 1 fully saturated rings. The van der Waals surface area contributed by atoms with Gasteiger partial charge in [-0.2, -0.15) is 0 Å². The van der Waals surface area contributed by atoms with Gasteiger partial charge in [0.15, 0.2) is 9.84 Å². The molecule has 1 amide bonds. The second kappa shape index (κ2) is 8.04. The molecule has 0 aliphatic carbocycles. The molecule has 1 heterocycles. The normalized spacial score (nSPS) is 15.8. The molecular formula is C21H25NO3S. The van der Waals surface area contributed by atoms with Gasteiger partial charge in [0.25, 0.3) is 5.91 Å². The first kappa shape index (κ1) is 18.6. The van der Waals surface area contributed by atoms with Crippen LogP contribution in [0, 0.1) is 5.92 Å². The van der Waals surface area contributed by atoms with E-state index in [0.717, 1.165) is 32.4 Å². The predicted molar refractivity (Wildman–Crippen MR) is 104 cm³/mol. The van der Waals surface area contributed by atoms with Crippen LogP contribution in [-0.2, 0) is 22.0 Å². The summed E-state index contributed by atoms with van der Waals surface area (Å²) in [7, 11) is -3.11. The molecule has 2 aromatic carbocycles. The van der Waals surface area contributed by atoms with Crippen molar-refractivity contribution >= 4 is 15.7 Å². The van der Waals surface area contributed by atoms with Crippen molar-refractivity contribution in [3.63, 3.8) is 0 Å². The zero-order valence-electron chi connectivity index (χ0n) is 15.1. The first-order chi connectivity index (χ1) is 12.4. The zero-order valence-corrected chi connectivity index (χ0v) is 15.9. The maximum absolute atomic E-state index is 12.8. The number of nitrogens with zero attached hydrogens (tertiary/aromatic N) is 1. The summed E-state index contributed by atoms with van der Waals surface area (Å²) in [6.45, 7) is 1.51. The maximum Gasteiger partial charge on any atom is 0.253 e. The largest absolute Gasteiger partial charge is 0.339 e. The van der Waals surface area contributed by atoms with Crippen LogP contribution in [0.5, 0.6) is 0 Å². The van der Waals surface area contributed by atoms with Crippen LogP contribution < -0.4 is 0 Å². The SMILES string of the molecule is CS(=O)(=O)Cc1cccc(C(=O)N2CCC(Cc3ccccc3)CC2)c1. The molecule has 0 aromatic heterocycles. The minimum Gasteiger partial charge on any atom is -0.339 e. The van der Waals surface area contributed by atoms with E-state index in [2.05, 4.69) is 24.3 Å². The highest BCUT2D eigenvalue weighted by atomic mass is 32.2. The molecular weight excluding hydrogens is 346 g/mol. The molecule has 1 aliphatic heterocycles. The number of piperidine rings is 1. The number of hydrogen-bond acceptors (Lipinski definition) is 3. The monoisotopic (exact) mass is 371 g/mol. The second-order valence-corrected chi connectivity index (χ2v) is 9.34. The molecule has 138 valence electrons. The third-order valence-corrected chi connectivity index (χ3v) is 5.73. The fourth-order valence-corrected chi connectivity index (χ4v) is 4.35. The Bertz CT molecular complexity index is 854. The van der Waals surface area contributed by atoms with E-state index in [4.69, 9.17) is 0 Å². The maximum atomic E-state index is 12.8. The summed E-state index contributed by atoms with van der Waals surface area (Å²) in [5, 5.41) is 0. The number of carbonyl (C=O) groups is 1. The number of likely N-dealkylation sites (tertiary alicyclic amines) is 1. The Labute approximate surface area is 155 Å². The molecule has 4 nitrogen and oxygen atoms in total. The molecule has 5 heteroatoms. The molecule has 0 unspecified atom stereocenters.